The van der Waals surface area contributed by atoms with E-state index in [1.165, 1.54) is 19.3 Å². The predicted molar refractivity (Wildman–Crippen MR) is 53.6 cm³/mol. The van der Waals surface area contributed by atoms with Gasteiger partial charge in [-0.25, -0.2) is 0 Å². The van der Waals surface area contributed by atoms with E-state index in [0.717, 1.165) is 0 Å². The fraction of sp³-hybridized carbons (Fsp3) is 0.909. The smallest absolute Gasteiger partial charge is 0.223 e. The molecule has 0 spiro atoms. The molecule has 2 saturated carbocycles. The van der Waals surface area contributed by atoms with Crippen LogP contribution in [0.3, 0.4) is 0 Å². The first kappa shape index (κ1) is 9.97. The van der Waals surface area contributed by atoms with Gasteiger partial charge < -0.3 is 10.4 Å². The van der Waals surface area contributed by atoms with E-state index < -0.39 is 0 Å². The minimum absolute atomic E-state index is 0.151. The third kappa shape index (κ3) is 1.78. The SMILES string of the molecule is CC(CO)CNC(=O)C1C2CCCC21. The van der Waals surface area contributed by atoms with Crippen molar-refractivity contribution in [1.82, 2.24) is 5.32 Å². The van der Waals surface area contributed by atoms with Gasteiger partial charge in [0.25, 0.3) is 0 Å². The fourth-order valence-corrected chi connectivity index (χ4v) is 2.67. The number of fused-ring (bicyclic) bond motifs is 1. The lowest BCUT2D eigenvalue weighted by Gasteiger charge is -2.10. The molecule has 0 aromatic carbocycles. The third-order valence-electron chi connectivity index (χ3n) is 3.65. The van der Waals surface area contributed by atoms with Crippen molar-refractivity contribution in [3.63, 3.8) is 0 Å². The van der Waals surface area contributed by atoms with Gasteiger partial charge in [-0.15, -0.1) is 0 Å². The summed E-state index contributed by atoms with van der Waals surface area (Å²) in [5, 5.41) is 11.7. The summed E-state index contributed by atoms with van der Waals surface area (Å²) in [6, 6.07) is 0. The van der Waals surface area contributed by atoms with Gasteiger partial charge in [-0.05, 0) is 30.6 Å². The van der Waals surface area contributed by atoms with Crippen LogP contribution >= 0.6 is 0 Å². The Morgan fingerprint density at radius 1 is 1.50 bits per heavy atom. The molecule has 3 unspecified atom stereocenters. The molecule has 3 atom stereocenters. The van der Waals surface area contributed by atoms with E-state index in [2.05, 4.69) is 5.32 Å². The first-order valence-electron chi connectivity index (χ1n) is 5.62. The molecule has 2 fully saturated rings. The normalized spacial score (nSPS) is 36.3. The van der Waals surface area contributed by atoms with Gasteiger partial charge >= 0.3 is 0 Å². The van der Waals surface area contributed by atoms with Crippen LogP contribution in [0.1, 0.15) is 26.2 Å². The van der Waals surface area contributed by atoms with Crippen LogP contribution in [-0.2, 0) is 4.79 Å². The number of aliphatic hydroxyl groups is 1. The van der Waals surface area contributed by atoms with Gasteiger partial charge in [0.15, 0.2) is 0 Å². The summed E-state index contributed by atoms with van der Waals surface area (Å²) in [6.45, 7) is 2.71. The van der Waals surface area contributed by atoms with E-state index in [4.69, 9.17) is 5.11 Å². The quantitative estimate of drug-likeness (QED) is 0.699. The second kappa shape index (κ2) is 3.89. The molecule has 1 amide bonds. The van der Waals surface area contributed by atoms with Crippen LogP contribution in [0.2, 0.25) is 0 Å². The molecule has 3 nitrogen and oxygen atoms in total. The average Bonchev–Trinajstić information content (AvgIpc) is 2.68. The summed E-state index contributed by atoms with van der Waals surface area (Å²) >= 11 is 0. The zero-order chi connectivity index (χ0) is 10.1. The highest BCUT2D eigenvalue weighted by Crippen LogP contribution is 2.57. The number of aliphatic hydroxyl groups excluding tert-OH is 1. The number of amides is 1. The molecule has 0 bridgehead atoms. The summed E-state index contributed by atoms with van der Waals surface area (Å²) in [7, 11) is 0. The highest BCUT2D eigenvalue weighted by Gasteiger charge is 2.56. The highest BCUT2D eigenvalue weighted by atomic mass is 16.3. The van der Waals surface area contributed by atoms with E-state index in [-0.39, 0.29) is 18.4 Å². The van der Waals surface area contributed by atoms with Gasteiger partial charge in [-0.1, -0.05) is 13.3 Å². The number of nitrogens with one attached hydrogen (secondary N) is 1. The monoisotopic (exact) mass is 197 g/mol. The Morgan fingerprint density at radius 2 is 2.14 bits per heavy atom. The molecule has 0 aromatic heterocycles. The topological polar surface area (TPSA) is 49.3 Å². The summed E-state index contributed by atoms with van der Waals surface area (Å²) < 4.78 is 0. The summed E-state index contributed by atoms with van der Waals surface area (Å²) in [6.07, 6.45) is 3.81. The van der Waals surface area contributed by atoms with Crippen molar-refractivity contribution in [3.05, 3.63) is 0 Å². The Morgan fingerprint density at radius 3 is 2.71 bits per heavy atom. The van der Waals surface area contributed by atoms with Gasteiger partial charge in [0.1, 0.15) is 0 Å². The predicted octanol–water partition coefficient (Wildman–Crippen LogP) is 0.777. The van der Waals surface area contributed by atoms with E-state index in [9.17, 15) is 4.79 Å². The molecule has 80 valence electrons. The van der Waals surface area contributed by atoms with E-state index in [1.807, 2.05) is 6.92 Å². The highest BCUT2D eigenvalue weighted by molar-refractivity contribution is 5.82. The maximum absolute atomic E-state index is 11.6. The van der Waals surface area contributed by atoms with Crippen molar-refractivity contribution in [2.75, 3.05) is 13.2 Å². The first-order valence-corrected chi connectivity index (χ1v) is 5.62. The molecule has 2 rings (SSSR count). The molecule has 2 aliphatic rings. The standard InChI is InChI=1S/C11H19NO2/c1-7(6-13)5-12-11(14)10-8-3-2-4-9(8)10/h7-10,13H,2-6H2,1H3,(H,12,14). The number of carbonyl (C=O) groups is 1. The van der Waals surface area contributed by atoms with E-state index in [0.29, 0.717) is 24.3 Å². The van der Waals surface area contributed by atoms with Crippen LogP contribution in [0.5, 0.6) is 0 Å². The number of carbonyl (C=O) groups excluding carboxylic acids is 1. The molecule has 0 aromatic rings. The minimum Gasteiger partial charge on any atom is -0.396 e. The van der Waals surface area contributed by atoms with Gasteiger partial charge in [0.05, 0.1) is 0 Å². The van der Waals surface area contributed by atoms with Crippen LogP contribution in [0.15, 0.2) is 0 Å². The molecule has 2 N–H and O–H groups in total. The largest absolute Gasteiger partial charge is 0.396 e. The number of rotatable bonds is 4. The Balaban J connectivity index is 1.70. The van der Waals surface area contributed by atoms with E-state index in [1.54, 1.807) is 0 Å². The second-order valence-electron chi connectivity index (χ2n) is 4.82. The lowest BCUT2D eigenvalue weighted by Crippen LogP contribution is -2.31. The Kier molecular flexibility index (Phi) is 2.77. The van der Waals surface area contributed by atoms with Crippen LogP contribution in [0.25, 0.3) is 0 Å². The molecule has 2 aliphatic carbocycles. The third-order valence-corrected chi connectivity index (χ3v) is 3.65. The molecule has 3 heteroatoms. The lowest BCUT2D eigenvalue weighted by atomic mass is 10.1. The Labute approximate surface area is 84.9 Å². The molecule has 0 aliphatic heterocycles. The van der Waals surface area contributed by atoms with Gasteiger partial charge in [0, 0.05) is 19.1 Å². The van der Waals surface area contributed by atoms with Crippen molar-refractivity contribution in [2.45, 2.75) is 26.2 Å². The Hall–Kier alpha value is -0.570. The lowest BCUT2D eigenvalue weighted by molar-refractivity contribution is -0.123. The molecular formula is C11H19NO2. The minimum atomic E-state index is 0.151. The molecule has 0 saturated heterocycles. The molecule has 14 heavy (non-hydrogen) atoms. The van der Waals surface area contributed by atoms with Crippen LogP contribution < -0.4 is 5.32 Å². The van der Waals surface area contributed by atoms with Gasteiger partial charge in [0.2, 0.25) is 5.91 Å². The van der Waals surface area contributed by atoms with Crippen molar-refractivity contribution < 1.29 is 9.90 Å². The van der Waals surface area contributed by atoms with Crippen LogP contribution in [-0.4, -0.2) is 24.2 Å². The molecule has 0 heterocycles. The number of hydrogen-bond donors (Lipinski definition) is 2. The maximum Gasteiger partial charge on any atom is 0.223 e. The van der Waals surface area contributed by atoms with Crippen molar-refractivity contribution in [3.8, 4) is 0 Å². The Bertz CT molecular complexity index is 219. The zero-order valence-electron chi connectivity index (χ0n) is 8.70. The van der Waals surface area contributed by atoms with Gasteiger partial charge in [-0.2, -0.15) is 0 Å². The maximum atomic E-state index is 11.6. The molecule has 0 radical (unpaired) electrons. The van der Waals surface area contributed by atoms with Crippen LogP contribution in [0.4, 0.5) is 0 Å². The average molecular weight is 197 g/mol. The van der Waals surface area contributed by atoms with Gasteiger partial charge in [-0.3, -0.25) is 4.79 Å². The molecular weight excluding hydrogens is 178 g/mol. The van der Waals surface area contributed by atoms with E-state index >= 15 is 0 Å². The number of hydrogen-bond acceptors (Lipinski definition) is 2. The summed E-state index contributed by atoms with van der Waals surface area (Å²) in [4.78, 5) is 11.6. The van der Waals surface area contributed by atoms with Crippen molar-refractivity contribution in [2.24, 2.45) is 23.7 Å². The second-order valence-corrected chi connectivity index (χ2v) is 4.82. The van der Waals surface area contributed by atoms with Crippen molar-refractivity contribution in [1.29, 1.82) is 0 Å². The van der Waals surface area contributed by atoms with Crippen LogP contribution in [0, 0.1) is 23.7 Å². The summed E-state index contributed by atoms with van der Waals surface area (Å²) in [5.41, 5.74) is 0. The first-order chi connectivity index (χ1) is 6.74. The van der Waals surface area contributed by atoms with Crippen molar-refractivity contribution >= 4 is 5.91 Å². The fourth-order valence-electron chi connectivity index (χ4n) is 2.67. The zero-order valence-corrected chi connectivity index (χ0v) is 8.70. The summed E-state index contributed by atoms with van der Waals surface area (Å²) in [5.74, 6) is 2.10.